The number of carboxylic acids is 1. The zero-order valence-corrected chi connectivity index (χ0v) is 11.6. The second kappa shape index (κ2) is 6.21. The first-order chi connectivity index (χ1) is 8.35. The van der Waals surface area contributed by atoms with Gasteiger partial charge >= 0.3 is 5.97 Å². The van der Waals surface area contributed by atoms with E-state index in [2.05, 4.69) is 0 Å². The lowest BCUT2D eigenvalue weighted by atomic mass is 9.84. The van der Waals surface area contributed by atoms with E-state index in [4.69, 9.17) is 22.4 Å². The third-order valence-corrected chi connectivity index (χ3v) is 3.43. The van der Waals surface area contributed by atoms with E-state index >= 15 is 0 Å². The summed E-state index contributed by atoms with van der Waals surface area (Å²) in [4.78, 5) is 11.0. The lowest BCUT2D eigenvalue weighted by Crippen LogP contribution is -2.46. The van der Waals surface area contributed by atoms with E-state index in [0.29, 0.717) is 11.4 Å². The molecule has 0 radical (unpaired) electrons. The van der Waals surface area contributed by atoms with Gasteiger partial charge in [-0.1, -0.05) is 37.1 Å². The van der Waals surface area contributed by atoms with Crippen LogP contribution >= 0.6 is 11.6 Å². The number of nitrogens with two attached hydrogens (primary N) is 1. The third kappa shape index (κ3) is 4.31. The molecule has 0 fully saturated rings. The summed E-state index contributed by atoms with van der Waals surface area (Å²) in [5.41, 5.74) is 5.75. The Morgan fingerprint density at radius 1 is 1.56 bits per heavy atom. The average molecular weight is 270 g/mol. The quantitative estimate of drug-likeness (QED) is 0.834. The van der Waals surface area contributed by atoms with Crippen molar-refractivity contribution in [2.24, 2.45) is 11.7 Å². The van der Waals surface area contributed by atoms with E-state index in [1.807, 2.05) is 31.2 Å². The molecule has 0 saturated heterocycles. The Labute approximate surface area is 113 Å². The summed E-state index contributed by atoms with van der Waals surface area (Å²) < 4.78 is 0. The second-order valence-corrected chi connectivity index (χ2v) is 5.47. The lowest BCUT2D eigenvalue weighted by Gasteiger charge is -2.25. The fourth-order valence-electron chi connectivity index (χ4n) is 2.05. The molecule has 0 aliphatic heterocycles. The topological polar surface area (TPSA) is 63.3 Å². The molecule has 0 bridgehead atoms. The first-order valence-corrected chi connectivity index (χ1v) is 6.49. The largest absolute Gasteiger partial charge is 0.480 e. The summed E-state index contributed by atoms with van der Waals surface area (Å²) in [6.45, 7) is 3.61. The number of halogens is 1. The van der Waals surface area contributed by atoms with Crippen molar-refractivity contribution >= 4 is 17.6 Å². The Bertz CT molecular complexity index is 418. The van der Waals surface area contributed by atoms with E-state index in [9.17, 15) is 4.79 Å². The number of carboxylic acid groups (broad SMARTS) is 1. The van der Waals surface area contributed by atoms with E-state index in [1.165, 1.54) is 0 Å². The second-order valence-electron chi connectivity index (χ2n) is 5.04. The molecule has 1 aromatic rings. The SMILES string of the molecule is CCC(Cc1cccc(Cl)c1)CC(C)(N)C(=O)O. The van der Waals surface area contributed by atoms with Crippen LogP contribution < -0.4 is 5.73 Å². The van der Waals surface area contributed by atoms with Crippen LogP contribution in [0.2, 0.25) is 5.02 Å². The zero-order valence-electron chi connectivity index (χ0n) is 10.8. The highest BCUT2D eigenvalue weighted by atomic mass is 35.5. The predicted octanol–water partition coefficient (Wildman–Crippen LogP) is 3.10. The molecule has 3 nitrogen and oxygen atoms in total. The van der Waals surface area contributed by atoms with Crippen molar-refractivity contribution in [1.29, 1.82) is 0 Å². The molecule has 0 aliphatic rings. The summed E-state index contributed by atoms with van der Waals surface area (Å²) in [7, 11) is 0. The van der Waals surface area contributed by atoms with E-state index < -0.39 is 11.5 Å². The fourth-order valence-corrected chi connectivity index (χ4v) is 2.26. The zero-order chi connectivity index (χ0) is 13.8. The van der Waals surface area contributed by atoms with Gasteiger partial charge in [0.05, 0.1) is 0 Å². The molecule has 0 amide bonds. The molecule has 0 saturated carbocycles. The molecule has 2 atom stereocenters. The van der Waals surface area contributed by atoms with E-state index in [-0.39, 0.29) is 5.92 Å². The minimum atomic E-state index is -1.17. The van der Waals surface area contributed by atoms with Crippen LogP contribution in [0.15, 0.2) is 24.3 Å². The minimum Gasteiger partial charge on any atom is -0.480 e. The van der Waals surface area contributed by atoms with Gasteiger partial charge in [0.1, 0.15) is 5.54 Å². The molecule has 18 heavy (non-hydrogen) atoms. The van der Waals surface area contributed by atoms with Crippen LogP contribution in [0.1, 0.15) is 32.3 Å². The number of hydrogen-bond donors (Lipinski definition) is 2. The molecule has 0 spiro atoms. The summed E-state index contributed by atoms with van der Waals surface area (Å²) in [5, 5.41) is 9.75. The highest BCUT2D eigenvalue weighted by Crippen LogP contribution is 2.23. The van der Waals surface area contributed by atoms with Gasteiger partial charge in [-0.25, -0.2) is 0 Å². The molecule has 1 rings (SSSR count). The molecule has 0 aromatic heterocycles. The van der Waals surface area contributed by atoms with Gasteiger partial charge in [-0.15, -0.1) is 0 Å². The monoisotopic (exact) mass is 269 g/mol. The molecular weight excluding hydrogens is 250 g/mol. The first kappa shape index (κ1) is 15.0. The van der Waals surface area contributed by atoms with Crippen LogP contribution in [0.25, 0.3) is 0 Å². The minimum absolute atomic E-state index is 0.245. The Hall–Kier alpha value is -1.06. The van der Waals surface area contributed by atoms with Crippen LogP contribution in [0.4, 0.5) is 0 Å². The molecule has 100 valence electrons. The smallest absolute Gasteiger partial charge is 0.323 e. The maximum atomic E-state index is 11.0. The number of carbonyl (C=O) groups is 1. The third-order valence-electron chi connectivity index (χ3n) is 3.19. The van der Waals surface area contributed by atoms with E-state index in [1.54, 1.807) is 6.92 Å². The molecule has 3 N–H and O–H groups in total. The van der Waals surface area contributed by atoms with Crippen LogP contribution in [0.3, 0.4) is 0 Å². The van der Waals surface area contributed by atoms with Crippen LogP contribution in [0.5, 0.6) is 0 Å². The van der Waals surface area contributed by atoms with Crippen LogP contribution in [-0.4, -0.2) is 16.6 Å². The highest BCUT2D eigenvalue weighted by molar-refractivity contribution is 6.30. The van der Waals surface area contributed by atoms with Crippen LogP contribution in [-0.2, 0) is 11.2 Å². The number of benzene rings is 1. The Morgan fingerprint density at radius 3 is 2.72 bits per heavy atom. The van der Waals surface area contributed by atoms with Gasteiger partial charge in [-0.05, 0) is 43.4 Å². The van der Waals surface area contributed by atoms with Crippen molar-refractivity contribution < 1.29 is 9.90 Å². The standard InChI is InChI=1S/C14H20ClNO2/c1-3-10(9-14(2,16)13(17)18)7-11-5-4-6-12(15)8-11/h4-6,8,10H,3,7,9,16H2,1-2H3,(H,17,18). The van der Waals surface area contributed by atoms with Crippen molar-refractivity contribution in [2.75, 3.05) is 0 Å². The van der Waals surface area contributed by atoms with Crippen molar-refractivity contribution in [3.63, 3.8) is 0 Å². The van der Waals surface area contributed by atoms with Gasteiger partial charge in [0, 0.05) is 5.02 Å². The highest BCUT2D eigenvalue weighted by Gasteiger charge is 2.30. The van der Waals surface area contributed by atoms with Crippen molar-refractivity contribution in [3.05, 3.63) is 34.9 Å². The molecule has 0 heterocycles. The molecule has 4 heteroatoms. The van der Waals surface area contributed by atoms with Gasteiger partial charge in [-0.3, -0.25) is 4.79 Å². The molecular formula is C14H20ClNO2. The molecule has 0 aliphatic carbocycles. The van der Waals surface area contributed by atoms with Gasteiger partial charge in [0.15, 0.2) is 0 Å². The lowest BCUT2D eigenvalue weighted by molar-refractivity contribution is -0.143. The number of hydrogen-bond acceptors (Lipinski definition) is 2. The van der Waals surface area contributed by atoms with Crippen molar-refractivity contribution in [2.45, 2.75) is 38.6 Å². The Morgan fingerprint density at radius 2 is 2.22 bits per heavy atom. The molecule has 2 unspecified atom stereocenters. The Balaban J connectivity index is 2.71. The summed E-state index contributed by atoms with van der Waals surface area (Å²) in [6.07, 6.45) is 2.16. The van der Waals surface area contributed by atoms with Crippen molar-refractivity contribution in [3.8, 4) is 0 Å². The average Bonchev–Trinajstić information content (AvgIpc) is 2.27. The van der Waals surface area contributed by atoms with Gasteiger partial charge in [0.25, 0.3) is 0 Å². The number of aliphatic carboxylic acids is 1. The normalized spacial score (nSPS) is 16.0. The summed E-state index contributed by atoms with van der Waals surface area (Å²) in [5.74, 6) is -0.707. The van der Waals surface area contributed by atoms with Crippen LogP contribution in [0, 0.1) is 5.92 Å². The first-order valence-electron chi connectivity index (χ1n) is 6.12. The van der Waals surface area contributed by atoms with Gasteiger partial charge in [-0.2, -0.15) is 0 Å². The maximum absolute atomic E-state index is 11.0. The predicted molar refractivity (Wildman–Crippen MR) is 73.8 cm³/mol. The van der Waals surface area contributed by atoms with Crippen molar-refractivity contribution in [1.82, 2.24) is 0 Å². The summed E-state index contributed by atoms with van der Waals surface area (Å²) in [6, 6.07) is 7.65. The summed E-state index contributed by atoms with van der Waals surface area (Å²) >= 11 is 5.94. The molecule has 1 aromatic carbocycles. The number of rotatable bonds is 6. The van der Waals surface area contributed by atoms with Gasteiger partial charge in [0.2, 0.25) is 0 Å². The van der Waals surface area contributed by atoms with E-state index in [0.717, 1.165) is 18.4 Å². The fraction of sp³-hybridized carbons (Fsp3) is 0.500. The van der Waals surface area contributed by atoms with Gasteiger partial charge < -0.3 is 10.8 Å². The Kier molecular flexibility index (Phi) is 5.17. The maximum Gasteiger partial charge on any atom is 0.323 e.